The molecule has 1 aromatic carbocycles. The Labute approximate surface area is 108 Å². The molecule has 1 amide bonds. The van der Waals surface area contributed by atoms with Gasteiger partial charge in [0, 0.05) is 11.6 Å². The minimum Gasteiger partial charge on any atom is -0.449 e. The number of hydrogen-bond donors (Lipinski definition) is 1. The number of primary amides is 1. The monoisotopic (exact) mass is 271 g/mol. The van der Waals surface area contributed by atoms with Crippen molar-refractivity contribution in [2.75, 3.05) is 0 Å². The van der Waals surface area contributed by atoms with Crippen molar-refractivity contribution in [3.05, 3.63) is 40.7 Å². The Hall–Kier alpha value is -1.88. The van der Waals surface area contributed by atoms with Gasteiger partial charge in [-0.3, -0.25) is 4.79 Å². The smallest absolute Gasteiger partial charge is 0.331 e. The average molecular weight is 272 g/mol. The van der Waals surface area contributed by atoms with Crippen molar-refractivity contribution in [3.63, 3.8) is 0 Å². The van der Waals surface area contributed by atoms with E-state index in [1.807, 2.05) is 0 Å². The second kappa shape index (κ2) is 6.16. The summed E-state index contributed by atoms with van der Waals surface area (Å²) in [6.07, 6.45) is 1.11. The standard InChI is InChI=1S/C12H11ClFNO3/c1-7(12(15)17)18-11(16)6-5-8-9(13)3-2-4-10(8)14/h2-7H,1H3,(H2,15,17). The average Bonchev–Trinajstić information content (AvgIpc) is 2.28. The summed E-state index contributed by atoms with van der Waals surface area (Å²) in [4.78, 5) is 21.9. The van der Waals surface area contributed by atoms with Crippen LogP contribution in [0.1, 0.15) is 12.5 Å². The summed E-state index contributed by atoms with van der Waals surface area (Å²) in [7, 11) is 0. The number of benzene rings is 1. The molecule has 0 saturated heterocycles. The molecule has 0 aromatic heterocycles. The van der Waals surface area contributed by atoms with Crippen LogP contribution in [0.5, 0.6) is 0 Å². The fraction of sp³-hybridized carbons (Fsp3) is 0.167. The Balaban J connectivity index is 2.75. The highest BCUT2D eigenvalue weighted by atomic mass is 35.5. The molecular formula is C12H11ClFNO3. The molecule has 6 heteroatoms. The predicted octanol–water partition coefficient (Wildman–Crippen LogP) is 1.91. The second-order valence-electron chi connectivity index (χ2n) is 3.45. The molecule has 1 aromatic rings. The maximum absolute atomic E-state index is 13.3. The molecule has 0 heterocycles. The van der Waals surface area contributed by atoms with E-state index in [9.17, 15) is 14.0 Å². The van der Waals surface area contributed by atoms with Gasteiger partial charge in [0.15, 0.2) is 6.10 Å². The lowest BCUT2D eigenvalue weighted by atomic mass is 10.2. The van der Waals surface area contributed by atoms with Gasteiger partial charge in [-0.1, -0.05) is 17.7 Å². The van der Waals surface area contributed by atoms with Gasteiger partial charge in [-0.25, -0.2) is 9.18 Å². The Bertz CT molecular complexity index is 482. The van der Waals surface area contributed by atoms with Crippen LogP contribution in [-0.2, 0) is 14.3 Å². The first-order valence-corrected chi connectivity index (χ1v) is 5.41. The lowest BCUT2D eigenvalue weighted by Crippen LogP contribution is -2.29. The van der Waals surface area contributed by atoms with Crippen molar-refractivity contribution >= 4 is 29.6 Å². The third-order valence-electron chi connectivity index (χ3n) is 2.08. The number of hydrogen-bond acceptors (Lipinski definition) is 3. The molecule has 1 atom stereocenters. The number of carbonyl (C=O) groups excluding carboxylic acids is 2. The first-order valence-electron chi connectivity index (χ1n) is 5.04. The topological polar surface area (TPSA) is 69.4 Å². The van der Waals surface area contributed by atoms with E-state index in [0.29, 0.717) is 0 Å². The first-order chi connectivity index (χ1) is 8.41. The molecule has 0 saturated carbocycles. The van der Waals surface area contributed by atoms with E-state index < -0.39 is 23.8 Å². The summed E-state index contributed by atoms with van der Waals surface area (Å²) in [5, 5.41) is 0.169. The van der Waals surface area contributed by atoms with Crippen molar-refractivity contribution in [1.82, 2.24) is 0 Å². The second-order valence-corrected chi connectivity index (χ2v) is 3.86. The highest BCUT2D eigenvalue weighted by Gasteiger charge is 2.12. The molecule has 0 aliphatic heterocycles. The van der Waals surface area contributed by atoms with E-state index in [1.54, 1.807) is 0 Å². The molecule has 1 rings (SSSR count). The van der Waals surface area contributed by atoms with E-state index in [-0.39, 0.29) is 10.6 Å². The van der Waals surface area contributed by atoms with Gasteiger partial charge >= 0.3 is 5.97 Å². The van der Waals surface area contributed by atoms with E-state index in [2.05, 4.69) is 4.74 Å². The number of carbonyl (C=O) groups is 2. The van der Waals surface area contributed by atoms with Gasteiger partial charge in [-0.2, -0.15) is 0 Å². The first kappa shape index (κ1) is 14.2. The summed E-state index contributed by atoms with van der Waals surface area (Å²) in [5.41, 5.74) is 4.99. The molecule has 1 unspecified atom stereocenters. The molecule has 0 spiro atoms. The maximum Gasteiger partial charge on any atom is 0.331 e. The highest BCUT2D eigenvalue weighted by molar-refractivity contribution is 6.32. The molecule has 0 aliphatic carbocycles. The number of halogens is 2. The molecule has 2 N–H and O–H groups in total. The molecule has 4 nitrogen and oxygen atoms in total. The van der Waals surface area contributed by atoms with Crippen LogP contribution in [0.4, 0.5) is 4.39 Å². The maximum atomic E-state index is 13.3. The van der Waals surface area contributed by atoms with Gasteiger partial charge in [0.2, 0.25) is 0 Å². The lowest BCUT2D eigenvalue weighted by molar-refractivity contribution is -0.148. The third-order valence-corrected chi connectivity index (χ3v) is 2.41. The molecule has 0 fully saturated rings. The third kappa shape index (κ3) is 3.85. The summed E-state index contributed by atoms with van der Waals surface area (Å²) >= 11 is 5.75. The van der Waals surface area contributed by atoms with Crippen molar-refractivity contribution < 1.29 is 18.7 Å². The lowest BCUT2D eigenvalue weighted by Gasteiger charge is -2.06. The van der Waals surface area contributed by atoms with E-state index in [4.69, 9.17) is 17.3 Å². The molecular weight excluding hydrogens is 261 g/mol. The Kier molecular flexibility index (Phi) is 4.85. The minimum atomic E-state index is -1.04. The molecule has 18 heavy (non-hydrogen) atoms. The predicted molar refractivity (Wildman–Crippen MR) is 65.2 cm³/mol. The van der Waals surface area contributed by atoms with Gasteiger partial charge < -0.3 is 10.5 Å². The summed E-state index contributed by atoms with van der Waals surface area (Å²) in [6.45, 7) is 1.34. The van der Waals surface area contributed by atoms with Crippen LogP contribution >= 0.6 is 11.6 Å². The summed E-state index contributed by atoms with van der Waals surface area (Å²) < 4.78 is 18.0. The van der Waals surface area contributed by atoms with Gasteiger partial charge in [0.1, 0.15) is 5.82 Å². The van der Waals surface area contributed by atoms with E-state index in [1.165, 1.54) is 31.2 Å². The SMILES string of the molecule is CC(OC(=O)C=Cc1c(F)cccc1Cl)C(N)=O. The van der Waals surface area contributed by atoms with Gasteiger partial charge in [-0.05, 0) is 25.1 Å². The van der Waals surface area contributed by atoms with Crippen LogP contribution in [-0.4, -0.2) is 18.0 Å². The number of rotatable bonds is 4. The fourth-order valence-electron chi connectivity index (χ4n) is 1.09. The van der Waals surface area contributed by atoms with Crippen LogP contribution in [0.2, 0.25) is 5.02 Å². The molecule has 0 radical (unpaired) electrons. The largest absolute Gasteiger partial charge is 0.449 e. The molecule has 0 bridgehead atoms. The van der Waals surface area contributed by atoms with Gasteiger partial charge in [-0.15, -0.1) is 0 Å². The van der Waals surface area contributed by atoms with E-state index >= 15 is 0 Å². The number of ether oxygens (including phenoxy) is 1. The normalized spacial score (nSPS) is 12.4. The van der Waals surface area contributed by atoms with Crippen LogP contribution in [0.25, 0.3) is 6.08 Å². The van der Waals surface area contributed by atoms with Crippen LogP contribution in [0, 0.1) is 5.82 Å². The minimum absolute atomic E-state index is 0.0721. The molecule has 96 valence electrons. The number of nitrogens with two attached hydrogens (primary N) is 1. The molecule has 0 aliphatic rings. The van der Waals surface area contributed by atoms with Crippen molar-refractivity contribution in [3.8, 4) is 0 Å². The van der Waals surface area contributed by atoms with E-state index in [0.717, 1.165) is 6.08 Å². The highest BCUT2D eigenvalue weighted by Crippen LogP contribution is 2.20. The van der Waals surface area contributed by atoms with Gasteiger partial charge in [0.25, 0.3) is 5.91 Å². The Morgan fingerprint density at radius 1 is 1.50 bits per heavy atom. The number of esters is 1. The van der Waals surface area contributed by atoms with Crippen LogP contribution in [0.15, 0.2) is 24.3 Å². The number of amides is 1. The van der Waals surface area contributed by atoms with Crippen LogP contribution < -0.4 is 5.73 Å². The van der Waals surface area contributed by atoms with Crippen molar-refractivity contribution in [1.29, 1.82) is 0 Å². The zero-order valence-corrected chi connectivity index (χ0v) is 10.3. The zero-order chi connectivity index (χ0) is 13.7. The Morgan fingerprint density at radius 2 is 2.17 bits per heavy atom. The fourth-order valence-corrected chi connectivity index (χ4v) is 1.32. The van der Waals surface area contributed by atoms with Crippen molar-refractivity contribution in [2.45, 2.75) is 13.0 Å². The van der Waals surface area contributed by atoms with Crippen LogP contribution in [0.3, 0.4) is 0 Å². The van der Waals surface area contributed by atoms with Crippen molar-refractivity contribution in [2.24, 2.45) is 5.73 Å². The summed E-state index contributed by atoms with van der Waals surface area (Å²) in [5.74, 6) is -2.13. The zero-order valence-electron chi connectivity index (χ0n) is 9.52. The Morgan fingerprint density at radius 3 is 2.72 bits per heavy atom. The quantitative estimate of drug-likeness (QED) is 0.672. The van der Waals surface area contributed by atoms with Gasteiger partial charge in [0.05, 0.1) is 5.02 Å². The summed E-state index contributed by atoms with van der Waals surface area (Å²) in [6, 6.07) is 4.15.